The molecule has 0 unspecified atom stereocenters. The third-order valence-electron chi connectivity index (χ3n) is 6.31. The largest absolute Gasteiger partial charge is 0.350 e. The predicted octanol–water partition coefficient (Wildman–Crippen LogP) is 3.05. The number of carbonyl (C=O) groups is 3. The number of benzene rings is 2. The van der Waals surface area contributed by atoms with Crippen LogP contribution in [0.2, 0.25) is 0 Å². The lowest BCUT2D eigenvalue weighted by atomic mass is 9.93. The molecule has 1 saturated heterocycles. The van der Waals surface area contributed by atoms with Crippen LogP contribution in [-0.4, -0.2) is 44.6 Å². The Morgan fingerprint density at radius 3 is 2.35 bits per heavy atom. The molecular weight excluding hydrogens is 430 g/mol. The van der Waals surface area contributed by atoms with Gasteiger partial charge in [-0.2, -0.15) is 5.10 Å². The zero-order valence-electron chi connectivity index (χ0n) is 19.7. The SMILES string of the molecule is Cc1nn(-c2ccccc2)c(C)c1CNC(=O)CN1C(=O)N[C@](C)(CCc2ccccc2)C1=O. The third kappa shape index (κ3) is 4.71. The fourth-order valence-corrected chi connectivity index (χ4v) is 4.24. The van der Waals surface area contributed by atoms with E-state index in [9.17, 15) is 14.4 Å². The van der Waals surface area contributed by atoms with E-state index in [1.54, 1.807) is 6.92 Å². The van der Waals surface area contributed by atoms with Crippen molar-refractivity contribution in [2.45, 2.75) is 45.7 Å². The molecule has 176 valence electrons. The molecule has 1 fully saturated rings. The first-order valence-electron chi connectivity index (χ1n) is 11.3. The molecule has 0 radical (unpaired) electrons. The molecule has 1 aliphatic heterocycles. The number of carbonyl (C=O) groups excluding carboxylic acids is 3. The Hall–Kier alpha value is -3.94. The number of aromatic nitrogens is 2. The zero-order chi connectivity index (χ0) is 24.3. The molecule has 0 saturated carbocycles. The number of amides is 4. The molecule has 8 nitrogen and oxygen atoms in total. The van der Waals surface area contributed by atoms with E-state index in [0.29, 0.717) is 12.8 Å². The van der Waals surface area contributed by atoms with Crippen molar-refractivity contribution in [2.75, 3.05) is 6.54 Å². The van der Waals surface area contributed by atoms with Crippen LogP contribution in [-0.2, 0) is 22.6 Å². The highest BCUT2D eigenvalue weighted by Gasteiger charge is 2.47. The number of rotatable bonds is 8. The van der Waals surface area contributed by atoms with Crippen LogP contribution in [0.5, 0.6) is 0 Å². The van der Waals surface area contributed by atoms with Gasteiger partial charge in [0.2, 0.25) is 5.91 Å². The lowest BCUT2D eigenvalue weighted by molar-refractivity contribution is -0.134. The van der Waals surface area contributed by atoms with Gasteiger partial charge in [-0.25, -0.2) is 9.48 Å². The molecule has 0 bridgehead atoms. The maximum absolute atomic E-state index is 13.0. The Labute approximate surface area is 199 Å². The maximum Gasteiger partial charge on any atom is 0.325 e. The maximum atomic E-state index is 13.0. The molecule has 2 heterocycles. The van der Waals surface area contributed by atoms with Crippen molar-refractivity contribution in [2.24, 2.45) is 0 Å². The Morgan fingerprint density at radius 2 is 1.68 bits per heavy atom. The molecule has 2 N–H and O–H groups in total. The highest BCUT2D eigenvalue weighted by atomic mass is 16.2. The lowest BCUT2D eigenvalue weighted by Crippen LogP contribution is -2.45. The molecule has 0 spiro atoms. The number of aryl methyl sites for hydroxylation is 2. The topological polar surface area (TPSA) is 96.3 Å². The number of hydrogen-bond acceptors (Lipinski definition) is 4. The molecule has 2 aromatic carbocycles. The van der Waals surface area contributed by atoms with Crippen LogP contribution in [0.25, 0.3) is 5.69 Å². The summed E-state index contributed by atoms with van der Waals surface area (Å²) in [7, 11) is 0. The van der Waals surface area contributed by atoms with E-state index in [0.717, 1.165) is 33.1 Å². The smallest absolute Gasteiger partial charge is 0.325 e. The van der Waals surface area contributed by atoms with E-state index < -0.39 is 17.5 Å². The normalized spacial score (nSPS) is 17.7. The number of urea groups is 1. The number of para-hydroxylation sites is 1. The average Bonchev–Trinajstić information content (AvgIpc) is 3.24. The second-order valence-corrected chi connectivity index (χ2v) is 8.81. The molecule has 1 atom stereocenters. The Morgan fingerprint density at radius 1 is 1.03 bits per heavy atom. The van der Waals surface area contributed by atoms with Gasteiger partial charge in [-0.1, -0.05) is 48.5 Å². The van der Waals surface area contributed by atoms with Gasteiger partial charge >= 0.3 is 6.03 Å². The molecule has 34 heavy (non-hydrogen) atoms. The van der Waals surface area contributed by atoms with Crippen molar-refractivity contribution >= 4 is 17.8 Å². The second kappa shape index (κ2) is 9.51. The van der Waals surface area contributed by atoms with Crippen LogP contribution < -0.4 is 10.6 Å². The standard InChI is InChI=1S/C26H29N5O3/c1-18-22(19(2)31(29-18)21-12-8-5-9-13-21)16-27-23(32)17-30-24(33)26(3,28-25(30)34)15-14-20-10-6-4-7-11-20/h4-13H,14-17H2,1-3H3,(H,27,32)(H,28,34)/t26-/m1/s1. The minimum Gasteiger partial charge on any atom is -0.350 e. The minimum atomic E-state index is -1.03. The summed E-state index contributed by atoms with van der Waals surface area (Å²) in [5.41, 5.74) is 3.63. The van der Waals surface area contributed by atoms with Crippen molar-refractivity contribution in [3.63, 3.8) is 0 Å². The third-order valence-corrected chi connectivity index (χ3v) is 6.31. The summed E-state index contributed by atoms with van der Waals surface area (Å²) in [5.74, 6) is -0.782. The predicted molar refractivity (Wildman–Crippen MR) is 128 cm³/mol. The number of hydrogen-bond donors (Lipinski definition) is 2. The highest BCUT2D eigenvalue weighted by Crippen LogP contribution is 2.23. The molecule has 3 aromatic rings. The summed E-state index contributed by atoms with van der Waals surface area (Å²) in [6, 6.07) is 19.0. The fraction of sp³-hybridized carbons (Fsp3) is 0.308. The van der Waals surface area contributed by atoms with Crippen LogP contribution in [0.3, 0.4) is 0 Å². The van der Waals surface area contributed by atoms with Crippen LogP contribution in [0.15, 0.2) is 60.7 Å². The van der Waals surface area contributed by atoms with Crippen molar-refractivity contribution in [3.05, 3.63) is 83.2 Å². The van der Waals surface area contributed by atoms with E-state index in [2.05, 4.69) is 15.7 Å². The minimum absolute atomic E-state index is 0.262. The average molecular weight is 460 g/mol. The molecule has 4 rings (SSSR count). The van der Waals surface area contributed by atoms with Gasteiger partial charge in [0.05, 0.1) is 11.4 Å². The molecule has 1 aromatic heterocycles. The number of imide groups is 1. The van der Waals surface area contributed by atoms with Gasteiger partial charge in [-0.05, 0) is 51.3 Å². The van der Waals surface area contributed by atoms with Crippen molar-refractivity contribution < 1.29 is 14.4 Å². The monoisotopic (exact) mass is 459 g/mol. The van der Waals surface area contributed by atoms with Gasteiger partial charge in [-0.3, -0.25) is 14.5 Å². The van der Waals surface area contributed by atoms with Crippen molar-refractivity contribution in [1.29, 1.82) is 0 Å². The van der Waals surface area contributed by atoms with Gasteiger partial charge in [0.15, 0.2) is 0 Å². The Kier molecular flexibility index (Phi) is 6.49. The van der Waals surface area contributed by atoms with Gasteiger partial charge in [0.1, 0.15) is 12.1 Å². The lowest BCUT2D eigenvalue weighted by Gasteiger charge is -2.21. The first kappa shape index (κ1) is 23.2. The summed E-state index contributed by atoms with van der Waals surface area (Å²) in [6.07, 6.45) is 1.10. The summed E-state index contributed by atoms with van der Waals surface area (Å²) < 4.78 is 1.84. The van der Waals surface area contributed by atoms with E-state index in [1.165, 1.54) is 0 Å². The van der Waals surface area contributed by atoms with Gasteiger partial charge in [0, 0.05) is 17.8 Å². The Balaban J connectivity index is 1.36. The number of nitrogens with one attached hydrogen (secondary N) is 2. The second-order valence-electron chi connectivity index (χ2n) is 8.81. The van der Waals surface area contributed by atoms with E-state index in [4.69, 9.17) is 0 Å². The van der Waals surface area contributed by atoms with Crippen LogP contribution >= 0.6 is 0 Å². The summed E-state index contributed by atoms with van der Waals surface area (Å²) in [5, 5.41) is 10.2. The van der Waals surface area contributed by atoms with E-state index in [1.807, 2.05) is 79.2 Å². The quantitative estimate of drug-likeness (QED) is 0.506. The summed E-state index contributed by atoms with van der Waals surface area (Å²) in [4.78, 5) is 39.1. The van der Waals surface area contributed by atoms with E-state index >= 15 is 0 Å². The first-order valence-corrected chi connectivity index (χ1v) is 11.3. The van der Waals surface area contributed by atoms with Crippen molar-refractivity contribution in [1.82, 2.24) is 25.3 Å². The highest BCUT2D eigenvalue weighted by molar-refractivity contribution is 6.08. The number of nitrogens with zero attached hydrogens (tertiary/aromatic N) is 3. The molecule has 1 aliphatic rings. The van der Waals surface area contributed by atoms with Gasteiger partial charge in [0.25, 0.3) is 5.91 Å². The summed E-state index contributed by atoms with van der Waals surface area (Å²) >= 11 is 0. The first-order chi connectivity index (χ1) is 16.3. The van der Waals surface area contributed by atoms with Crippen LogP contribution in [0.1, 0.15) is 35.9 Å². The van der Waals surface area contributed by atoms with Gasteiger partial charge < -0.3 is 10.6 Å². The Bertz CT molecular complexity index is 1210. The molecule has 0 aliphatic carbocycles. The van der Waals surface area contributed by atoms with Crippen LogP contribution in [0, 0.1) is 13.8 Å². The zero-order valence-corrected chi connectivity index (χ0v) is 19.7. The van der Waals surface area contributed by atoms with Crippen LogP contribution in [0.4, 0.5) is 4.79 Å². The van der Waals surface area contributed by atoms with Crippen molar-refractivity contribution in [3.8, 4) is 5.69 Å². The molecular formula is C26H29N5O3. The molecule has 8 heteroatoms. The van der Waals surface area contributed by atoms with Gasteiger partial charge in [-0.15, -0.1) is 0 Å². The fourth-order valence-electron chi connectivity index (χ4n) is 4.24. The summed E-state index contributed by atoms with van der Waals surface area (Å²) in [6.45, 7) is 5.49. The van der Waals surface area contributed by atoms with E-state index in [-0.39, 0.29) is 19.0 Å². The molecule has 4 amide bonds.